The Morgan fingerprint density at radius 1 is 1.00 bits per heavy atom. The van der Waals surface area contributed by atoms with Gasteiger partial charge in [-0.1, -0.05) is 42.5 Å². The van der Waals surface area contributed by atoms with Crippen LogP contribution < -0.4 is 14.8 Å². The molecule has 2 N–H and O–H groups in total. The number of aliphatic hydroxyl groups is 1. The van der Waals surface area contributed by atoms with Gasteiger partial charge < -0.3 is 24.4 Å². The molecule has 45 heavy (non-hydrogen) atoms. The SMILES string of the molecule is CC(C)(C)[S+]([O-])N1Cc2cc(C(=O)NCc3ccc4c(c3)OCO4)cc(-c3ccc(-c4ccc(C#N)cc4)cc3)c2[C@H]1CCO. The van der Waals surface area contributed by atoms with Gasteiger partial charge in [-0.15, -0.1) is 4.31 Å². The molecule has 1 amide bonds. The maximum absolute atomic E-state index is 13.7. The molecule has 0 saturated carbocycles. The third kappa shape index (κ3) is 6.28. The smallest absolute Gasteiger partial charge is 0.251 e. The second kappa shape index (κ2) is 12.6. The summed E-state index contributed by atoms with van der Waals surface area (Å²) in [6.07, 6.45) is 0.417. The zero-order valence-electron chi connectivity index (χ0n) is 25.5. The van der Waals surface area contributed by atoms with Crippen LogP contribution >= 0.6 is 0 Å². The minimum atomic E-state index is -1.34. The van der Waals surface area contributed by atoms with Gasteiger partial charge in [0, 0.05) is 30.1 Å². The van der Waals surface area contributed by atoms with E-state index in [1.165, 1.54) is 0 Å². The number of rotatable bonds is 8. The first-order valence-corrected chi connectivity index (χ1v) is 16.0. The van der Waals surface area contributed by atoms with E-state index < -0.39 is 16.1 Å². The average molecular weight is 622 g/mol. The number of carbonyl (C=O) groups excluding carboxylic acids is 1. The summed E-state index contributed by atoms with van der Waals surface area (Å²) in [7, 11) is 0. The molecule has 2 aliphatic rings. The summed E-state index contributed by atoms with van der Waals surface area (Å²) in [4.78, 5) is 13.6. The molecule has 6 rings (SSSR count). The van der Waals surface area contributed by atoms with Crippen LogP contribution in [-0.4, -0.2) is 38.0 Å². The zero-order chi connectivity index (χ0) is 31.7. The summed E-state index contributed by atoms with van der Waals surface area (Å²) in [5.41, 5.74) is 7.69. The Kier molecular flexibility index (Phi) is 8.58. The largest absolute Gasteiger partial charge is 0.597 e. The number of nitrogens with one attached hydrogen (secondary N) is 1. The van der Waals surface area contributed by atoms with Crippen LogP contribution in [0.25, 0.3) is 22.3 Å². The molecule has 0 fully saturated rings. The number of hydrogen-bond donors (Lipinski definition) is 2. The van der Waals surface area contributed by atoms with Gasteiger partial charge in [0.2, 0.25) is 6.79 Å². The van der Waals surface area contributed by atoms with Crippen LogP contribution in [0.5, 0.6) is 11.5 Å². The van der Waals surface area contributed by atoms with Crippen LogP contribution in [0.1, 0.15) is 65.8 Å². The zero-order valence-corrected chi connectivity index (χ0v) is 26.3. The predicted octanol–water partition coefficient (Wildman–Crippen LogP) is 6.25. The molecule has 2 heterocycles. The van der Waals surface area contributed by atoms with Crippen molar-refractivity contribution in [2.24, 2.45) is 0 Å². The number of ether oxygens (including phenoxy) is 2. The summed E-state index contributed by atoms with van der Waals surface area (Å²) in [6, 6.07) is 26.8. The molecule has 2 atom stereocenters. The minimum absolute atomic E-state index is 0.0587. The van der Waals surface area contributed by atoms with Crippen molar-refractivity contribution in [1.82, 2.24) is 9.62 Å². The summed E-state index contributed by atoms with van der Waals surface area (Å²) in [6.45, 7) is 6.68. The highest BCUT2D eigenvalue weighted by atomic mass is 32.2. The molecule has 9 heteroatoms. The first-order chi connectivity index (χ1) is 21.7. The van der Waals surface area contributed by atoms with Gasteiger partial charge in [0.05, 0.1) is 24.2 Å². The fourth-order valence-corrected chi connectivity index (χ4v) is 7.28. The van der Waals surface area contributed by atoms with E-state index in [1.54, 1.807) is 12.1 Å². The average Bonchev–Trinajstić information content (AvgIpc) is 3.67. The Morgan fingerprint density at radius 3 is 2.33 bits per heavy atom. The predicted molar refractivity (Wildman–Crippen MR) is 174 cm³/mol. The van der Waals surface area contributed by atoms with Gasteiger partial charge in [0.25, 0.3) is 5.91 Å². The first kappa shape index (κ1) is 30.7. The highest BCUT2D eigenvalue weighted by Gasteiger charge is 2.44. The third-order valence-corrected chi connectivity index (χ3v) is 9.96. The Bertz CT molecular complexity index is 1760. The van der Waals surface area contributed by atoms with Crippen molar-refractivity contribution in [3.8, 4) is 39.8 Å². The van der Waals surface area contributed by atoms with E-state index in [2.05, 4.69) is 11.4 Å². The number of aliphatic hydroxyl groups excluding tert-OH is 1. The van der Waals surface area contributed by atoms with Gasteiger partial charge in [-0.3, -0.25) is 4.79 Å². The molecular formula is C36H35N3O5S. The van der Waals surface area contributed by atoms with Gasteiger partial charge in [-0.25, -0.2) is 0 Å². The molecule has 0 saturated heterocycles. The van der Waals surface area contributed by atoms with Crippen molar-refractivity contribution in [2.75, 3.05) is 13.4 Å². The Hall–Kier alpha value is -4.33. The normalized spacial score (nSPS) is 16.2. The van der Waals surface area contributed by atoms with Crippen LogP contribution in [0.15, 0.2) is 78.9 Å². The summed E-state index contributed by atoms with van der Waals surface area (Å²) < 4.78 is 26.0. The molecule has 0 bridgehead atoms. The molecule has 0 spiro atoms. The van der Waals surface area contributed by atoms with Crippen molar-refractivity contribution in [3.05, 3.63) is 107 Å². The van der Waals surface area contributed by atoms with E-state index in [9.17, 15) is 14.5 Å². The van der Waals surface area contributed by atoms with Crippen LogP contribution in [0, 0.1) is 11.3 Å². The van der Waals surface area contributed by atoms with Crippen molar-refractivity contribution in [3.63, 3.8) is 0 Å². The molecule has 0 radical (unpaired) electrons. The van der Waals surface area contributed by atoms with E-state index >= 15 is 0 Å². The van der Waals surface area contributed by atoms with Crippen molar-refractivity contribution in [2.45, 2.75) is 51.1 Å². The summed E-state index contributed by atoms with van der Waals surface area (Å²) in [5.74, 6) is 1.13. The quantitative estimate of drug-likeness (QED) is 0.223. The molecule has 2 aliphatic heterocycles. The highest BCUT2D eigenvalue weighted by molar-refractivity contribution is 7.90. The monoisotopic (exact) mass is 621 g/mol. The third-order valence-electron chi connectivity index (χ3n) is 8.11. The number of benzene rings is 4. The molecule has 230 valence electrons. The van der Waals surface area contributed by atoms with Crippen LogP contribution in [-0.2, 0) is 24.5 Å². The van der Waals surface area contributed by atoms with Crippen molar-refractivity contribution in [1.29, 1.82) is 5.26 Å². The molecular weight excluding hydrogens is 586 g/mol. The molecule has 4 aromatic rings. The fraction of sp³-hybridized carbons (Fsp3) is 0.278. The van der Waals surface area contributed by atoms with Gasteiger partial charge in [0.15, 0.2) is 11.5 Å². The van der Waals surface area contributed by atoms with Crippen LogP contribution in [0.2, 0.25) is 0 Å². The standard InChI is InChI=1S/C36H35N3O5S/c1-36(2,3)45(42)39-21-29-17-28(35(41)38-20-24-6-13-32-33(16-24)44-22-43-32)18-30(34(29)31(39)14-15-40)27-11-9-26(10-12-27)25-7-4-23(19-37)5-8-25/h4-13,16-18,31,40H,14-15,20-22H2,1-3H3,(H,38,41)/t31-,45?/m1/s1. The van der Waals surface area contributed by atoms with E-state index in [1.807, 2.05) is 91.8 Å². The second-order valence-corrected chi connectivity index (χ2v) is 14.4. The molecule has 0 aromatic heterocycles. The lowest BCUT2D eigenvalue weighted by atomic mass is 9.89. The number of fused-ring (bicyclic) bond motifs is 2. The lowest BCUT2D eigenvalue weighted by Crippen LogP contribution is -2.42. The molecule has 4 aromatic carbocycles. The van der Waals surface area contributed by atoms with Crippen molar-refractivity contribution >= 4 is 17.3 Å². The number of hydrogen-bond acceptors (Lipinski definition) is 7. The number of amides is 1. The minimum Gasteiger partial charge on any atom is -0.597 e. The lowest BCUT2D eigenvalue weighted by molar-refractivity contribution is 0.0950. The Morgan fingerprint density at radius 2 is 1.67 bits per heavy atom. The van der Waals surface area contributed by atoms with Crippen LogP contribution in [0.3, 0.4) is 0 Å². The topological polar surface area (TPSA) is 118 Å². The summed E-state index contributed by atoms with van der Waals surface area (Å²) >= 11 is -1.34. The van der Waals surface area contributed by atoms with Crippen LogP contribution in [0.4, 0.5) is 0 Å². The Labute approximate surface area is 266 Å². The first-order valence-electron chi connectivity index (χ1n) is 14.9. The lowest BCUT2D eigenvalue weighted by Gasteiger charge is -2.33. The fourth-order valence-electron chi connectivity index (χ4n) is 5.88. The number of nitrogens with zero attached hydrogens (tertiary/aromatic N) is 2. The summed E-state index contributed by atoms with van der Waals surface area (Å²) in [5, 5.41) is 22.3. The van der Waals surface area contributed by atoms with Gasteiger partial charge in [0.1, 0.15) is 4.75 Å². The second-order valence-electron chi connectivity index (χ2n) is 12.2. The van der Waals surface area contributed by atoms with Crippen molar-refractivity contribution < 1.29 is 23.9 Å². The molecule has 8 nitrogen and oxygen atoms in total. The molecule has 0 aliphatic carbocycles. The highest BCUT2D eigenvalue weighted by Crippen LogP contribution is 2.46. The van der Waals surface area contributed by atoms with Gasteiger partial charge in [-0.2, -0.15) is 5.26 Å². The number of nitriles is 1. The Balaban J connectivity index is 1.36. The van der Waals surface area contributed by atoms with Gasteiger partial charge in [-0.05, 0) is 103 Å². The van der Waals surface area contributed by atoms with E-state index in [-0.39, 0.29) is 25.3 Å². The van der Waals surface area contributed by atoms with E-state index in [0.29, 0.717) is 42.1 Å². The van der Waals surface area contributed by atoms with E-state index in [0.717, 1.165) is 38.9 Å². The molecule has 1 unspecified atom stereocenters. The maximum atomic E-state index is 13.7. The number of carbonyl (C=O) groups is 1. The van der Waals surface area contributed by atoms with Gasteiger partial charge >= 0.3 is 0 Å². The maximum Gasteiger partial charge on any atom is 0.251 e. The van der Waals surface area contributed by atoms with E-state index in [4.69, 9.17) is 14.7 Å².